The number of ether oxygens (including phenoxy) is 1. The highest BCUT2D eigenvalue weighted by Gasteiger charge is 2.28. The summed E-state index contributed by atoms with van der Waals surface area (Å²) in [6, 6.07) is 17.6. The van der Waals surface area contributed by atoms with Crippen molar-refractivity contribution < 1.29 is 4.74 Å². The molecule has 2 heterocycles. The molecule has 3 aromatic rings. The van der Waals surface area contributed by atoms with E-state index in [1.165, 1.54) is 54.3 Å². The van der Waals surface area contributed by atoms with Crippen molar-refractivity contribution in [3.05, 3.63) is 54.1 Å². The molecule has 0 N–H and O–H groups in total. The standard InChI is InChI=1S/C23H25NO/c1-2-9-17(10-3-1)22-18-11-4-6-13-20(18)24-15-8-16-25-21-14-7-5-12-19(21)23(22)24/h4-7,11-14,17H,1-3,8-10,15-16H2. The number of para-hydroxylation sites is 2. The quantitative estimate of drug-likeness (QED) is 0.522. The van der Waals surface area contributed by atoms with Crippen molar-refractivity contribution in [2.75, 3.05) is 6.61 Å². The van der Waals surface area contributed by atoms with Gasteiger partial charge in [0.1, 0.15) is 5.75 Å². The first-order valence-electron chi connectivity index (χ1n) is 9.77. The summed E-state index contributed by atoms with van der Waals surface area (Å²) >= 11 is 0. The van der Waals surface area contributed by atoms with Gasteiger partial charge in [-0.1, -0.05) is 49.6 Å². The second-order valence-corrected chi connectivity index (χ2v) is 7.46. The van der Waals surface area contributed by atoms with Gasteiger partial charge in [-0.2, -0.15) is 0 Å². The molecule has 0 radical (unpaired) electrons. The molecule has 2 aliphatic rings. The Morgan fingerprint density at radius 1 is 0.840 bits per heavy atom. The lowest BCUT2D eigenvalue weighted by atomic mass is 9.81. The fourth-order valence-corrected chi connectivity index (χ4v) is 4.85. The zero-order chi connectivity index (χ0) is 16.6. The van der Waals surface area contributed by atoms with E-state index in [1.54, 1.807) is 5.56 Å². The topological polar surface area (TPSA) is 14.2 Å². The van der Waals surface area contributed by atoms with Crippen LogP contribution in [0.25, 0.3) is 22.2 Å². The summed E-state index contributed by atoms with van der Waals surface area (Å²) in [7, 11) is 0. The van der Waals surface area contributed by atoms with Crippen LogP contribution in [-0.4, -0.2) is 11.2 Å². The number of rotatable bonds is 1. The third kappa shape index (κ3) is 2.47. The van der Waals surface area contributed by atoms with Crippen molar-refractivity contribution in [2.24, 2.45) is 0 Å². The van der Waals surface area contributed by atoms with Crippen LogP contribution in [0.5, 0.6) is 5.75 Å². The van der Waals surface area contributed by atoms with Gasteiger partial charge in [0.2, 0.25) is 0 Å². The second-order valence-electron chi connectivity index (χ2n) is 7.46. The maximum absolute atomic E-state index is 6.11. The van der Waals surface area contributed by atoms with Crippen LogP contribution in [0.4, 0.5) is 0 Å². The highest BCUT2D eigenvalue weighted by molar-refractivity contribution is 5.93. The maximum atomic E-state index is 6.11. The first kappa shape index (κ1) is 15.1. The van der Waals surface area contributed by atoms with Gasteiger partial charge < -0.3 is 9.30 Å². The average Bonchev–Trinajstić information content (AvgIpc) is 2.98. The zero-order valence-corrected chi connectivity index (χ0v) is 14.7. The van der Waals surface area contributed by atoms with Gasteiger partial charge in [0, 0.05) is 23.0 Å². The van der Waals surface area contributed by atoms with E-state index >= 15 is 0 Å². The Kier molecular flexibility index (Phi) is 3.77. The maximum Gasteiger partial charge on any atom is 0.128 e. The van der Waals surface area contributed by atoms with Gasteiger partial charge in [0.05, 0.1) is 12.3 Å². The number of nitrogens with zero attached hydrogens (tertiary/aromatic N) is 1. The number of aromatic nitrogens is 1. The summed E-state index contributed by atoms with van der Waals surface area (Å²) in [5, 5.41) is 1.46. The van der Waals surface area contributed by atoms with Crippen LogP contribution in [0, 0.1) is 0 Å². The Morgan fingerprint density at radius 3 is 2.56 bits per heavy atom. The Morgan fingerprint density at radius 2 is 1.64 bits per heavy atom. The van der Waals surface area contributed by atoms with Crippen molar-refractivity contribution in [1.82, 2.24) is 4.57 Å². The molecule has 1 aliphatic heterocycles. The van der Waals surface area contributed by atoms with Crippen LogP contribution in [0.1, 0.15) is 50.0 Å². The fourth-order valence-electron chi connectivity index (χ4n) is 4.85. The van der Waals surface area contributed by atoms with Crippen LogP contribution in [0.2, 0.25) is 0 Å². The van der Waals surface area contributed by atoms with Crippen LogP contribution in [0.3, 0.4) is 0 Å². The van der Waals surface area contributed by atoms with Gasteiger partial charge in [0.15, 0.2) is 0 Å². The van der Waals surface area contributed by atoms with E-state index in [4.69, 9.17) is 4.74 Å². The van der Waals surface area contributed by atoms with E-state index in [-0.39, 0.29) is 0 Å². The number of aryl methyl sites for hydroxylation is 1. The molecule has 2 heteroatoms. The van der Waals surface area contributed by atoms with E-state index < -0.39 is 0 Å². The Labute approximate surface area is 149 Å². The smallest absolute Gasteiger partial charge is 0.128 e. The van der Waals surface area contributed by atoms with Crippen molar-refractivity contribution in [3.8, 4) is 17.0 Å². The third-order valence-electron chi connectivity index (χ3n) is 5.95. The Bertz CT molecular complexity index is 902. The second kappa shape index (κ2) is 6.25. The molecule has 2 nitrogen and oxygen atoms in total. The SMILES string of the molecule is c1ccc2c(c1)OCCCn1c-2c(C2CCCCC2)c2ccccc21. The summed E-state index contributed by atoms with van der Waals surface area (Å²) < 4.78 is 8.68. The molecule has 5 rings (SSSR count). The van der Waals surface area contributed by atoms with Crippen LogP contribution < -0.4 is 4.74 Å². The summed E-state index contributed by atoms with van der Waals surface area (Å²) in [6.07, 6.45) is 7.83. The van der Waals surface area contributed by atoms with E-state index in [2.05, 4.69) is 53.1 Å². The highest BCUT2D eigenvalue weighted by Crippen LogP contribution is 2.46. The first-order chi connectivity index (χ1) is 12.4. The van der Waals surface area contributed by atoms with Gasteiger partial charge in [0.25, 0.3) is 0 Å². The molecule has 0 atom stereocenters. The number of benzene rings is 2. The van der Waals surface area contributed by atoms with Crippen molar-refractivity contribution >= 4 is 10.9 Å². The predicted octanol–water partition coefficient (Wildman–Crippen LogP) is 6.14. The zero-order valence-electron chi connectivity index (χ0n) is 14.7. The molecule has 128 valence electrons. The average molecular weight is 331 g/mol. The molecule has 1 aliphatic carbocycles. The lowest BCUT2D eigenvalue weighted by Gasteiger charge is -2.25. The normalized spacial score (nSPS) is 18.1. The predicted molar refractivity (Wildman–Crippen MR) is 103 cm³/mol. The van der Waals surface area contributed by atoms with Gasteiger partial charge in [-0.05, 0) is 48.9 Å². The minimum Gasteiger partial charge on any atom is -0.493 e. The molecule has 1 saturated carbocycles. The summed E-state index contributed by atoms with van der Waals surface area (Å²) in [4.78, 5) is 0. The van der Waals surface area contributed by atoms with Crippen LogP contribution in [0.15, 0.2) is 48.5 Å². The highest BCUT2D eigenvalue weighted by atomic mass is 16.5. The largest absolute Gasteiger partial charge is 0.493 e. The molecule has 0 amide bonds. The van der Waals surface area contributed by atoms with E-state index in [0.717, 1.165) is 25.3 Å². The molecule has 0 saturated heterocycles. The van der Waals surface area contributed by atoms with Crippen molar-refractivity contribution in [2.45, 2.75) is 51.0 Å². The number of hydrogen-bond donors (Lipinski definition) is 0. The third-order valence-corrected chi connectivity index (χ3v) is 5.95. The minimum absolute atomic E-state index is 0.683. The molecule has 1 aromatic heterocycles. The lowest BCUT2D eigenvalue weighted by molar-refractivity contribution is 0.300. The van der Waals surface area contributed by atoms with Crippen molar-refractivity contribution in [1.29, 1.82) is 0 Å². The van der Waals surface area contributed by atoms with E-state index in [9.17, 15) is 0 Å². The molecule has 0 unspecified atom stereocenters. The van der Waals surface area contributed by atoms with E-state index in [1.807, 2.05) is 0 Å². The van der Waals surface area contributed by atoms with Gasteiger partial charge in [-0.3, -0.25) is 0 Å². The molecule has 0 bridgehead atoms. The minimum atomic E-state index is 0.683. The number of fused-ring (bicyclic) bond motifs is 5. The van der Waals surface area contributed by atoms with Gasteiger partial charge in [-0.15, -0.1) is 0 Å². The molecule has 1 fully saturated rings. The molecular formula is C23H25NO. The van der Waals surface area contributed by atoms with E-state index in [0.29, 0.717) is 5.92 Å². The summed E-state index contributed by atoms with van der Waals surface area (Å²) in [5.41, 5.74) is 5.67. The van der Waals surface area contributed by atoms with Crippen LogP contribution >= 0.6 is 0 Å². The molecule has 25 heavy (non-hydrogen) atoms. The summed E-state index contributed by atoms with van der Waals surface area (Å²) in [6.45, 7) is 1.83. The fraction of sp³-hybridized carbons (Fsp3) is 0.391. The number of hydrogen-bond acceptors (Lipinski definition) is 1. The van der Waals surface area contributed by atoms with Gasteiger partial charge in [-0.25, -0.2) is 0 Å². The molecule has 0 spiro atoms. The first-order valence-corrected chi connectivity index (χ1v) is 9.77. The van der Waals surface area contributed by atoms with Gasteiger partial charge >= 0.3 is 0 Å². The molecular weight excluding hydrogens is 306 g/mol. The van der Waals surface area contributed by atoms with Crippen molar-refractivity contribution in [3.63, 3.8) is 0 Å². The monoisotopic (exact) mass is 331 g/mol. The molecule has 2 aromatic carbocycles. The lowest BCUT2D eigenvalue weighted by Crippen LogP contribution is -2.12. The van der Waals surface area contributed by atoms with Crippen LogP contribution in [-0.2, 0) is 6.54 Å². The summed E-state index contributed by atoms with van der Waals surface area (Å²) in [5.74, 6) is 1.73. The Balaban J connectivity index is 1.83. The Hall–Kier alpha value is -2.22.